The third kappa shape index (κ3) is 3.75. The Morgan fingerprint density at radius 1 is 1.32 bits per heavy atom. The summed E-state index contributed by atoms with van der Waals surface area (Å²) in [6, 6.07) is 4.23. The van der Waals surface area contributed by atoms with Gasteiger partial charge in [-0.25, -0.2) is 0 Å². The summed E-state index contributed by atoms with van der Waals surface area (Å²) >= 11 is 9.18. The van der Waals surface area contributed by atoms with Gasteiger partial charge in [-0.2, -0.15) is 0 Å². The average Bonchev–Trinajstić information content (AvgIpc) is 3.01. The molecule has 2 heterocycles. The van der Waals surface area contributed by atoms with Gasteiger partial charge in [0.15, 0.2) is 0 Å². The molecule has 2 aromatic rings. The Bertz CT molecular complexity index is 509. The Morgan fingerprint density at radius 3 is 2.79 bits per heavy atom. The van der Waals surface area contributed by atoms with E-state index in [2.05, 4.69) is 34.8 Å². The first-order valence-corrected chi connectivity index (χ1v) is 8.52. The van der Waals surface area contributed by atoms with Gasteiger partial charge in [-0.3, -0.25) is 0 Å². The van der Waals surface area contributed by atoms with Gasteiger partial charge < -0.3 is 5.32 Å². The lowest BCUT2D eigenvalue weighted by Crippen LogP contribution is -2.22. The van der Waals surface area contributed by atoms with Gasteiger partial charge in [0.1, 0.15) is 0 Å². The molecular weight excluding hydrogens is 298 g/mol. The zero-order valence-corrected chi connectivity index (χ0v) is 13.5. The van der Waals surface area contributed by atoms with Crippen LogP contribution in [0.4, 0.5) is 0 Å². The first kappa shape index (κ1) is 14.9. The van der Waals surface area contributed by atoms with Crippen LogP contribution in [0.5, 0.6) is 0 Å². The molecule has 0 spiro atoms. The third-order valence-corrected chi connectivity index (χ3v) is 4.94. The lowest BCUT2D eigenvalue weighted by atomic mass is 10.1. The molecule has 19 heavy (non-hydrogen) atoms. The van der Waals surface area contributed by atoms with E-state index in [1.165, 1.54) is 21.3 Å². The van der Waals surface area contributed by atoms with Crippen LogP contribution in [0.25, 0.3) is 0 Å². The van der Waals surface area contributed by atoms with Crippen molar-refractivity contribution in [2.45, 2.75) is 39.2 Å². The Balaban J connectivity index is 2.28. The van der Waals surface area contributed by atoms with E-state index in [0.29, 0.717) is 0 Å². The first-order chi connectivity index (χ1) is 9.26. The zero-order chi connectivity index (χ0) is 13.7. The number of aryl methyl sites for hydroxylation is 1. The van der Waals surface area contributed by atoms with Gasteiger partial charge in [0.25, 0.3) is 0 Å². The van der Waals surface area contributed by atoms with Crippen LogP contribution >= 0.6 is 34.5 Å². The normalized spacial score (nSPS) is 12.8. The summed E-state index contributed by atoms with van der Waals surface area (Å²) in [5, 5.41) is 7.85. The minimum atomic E-state index is 0.180. The molecule has 2 rings (SSSR count). The van der Waals surface area contributed by atoms with Crippen molar-refractivity contribution in [3.63, 3.8) is 0 Å². The maximum Gasteiger partial charge on any atom is 0.0931 e. The van der Waals surface area contributed by atoms with Crippen molar-refractivity contribution in [3.05, 3.63) is 31.9 Å². The molecule has 2 aromatic heterocycles. The fourth-order valence-corrected chi connectivity index (χ4v) is 3.95. The molecule has 0 bridgehead atoms. The van der Waals surface area contributed by atoms with Crippen molar-refractivity contribution >= 4 is 34.5 Å². The fourth-order valence-electron chi connectivity index (χ4n) is 1.94. The molecule has 104 valence electrons. The van der Waals surface area contributed by atoms with Crippen LogP contribution in [0.15, 0.2) is 12.1 Å². The van der Waals surface area contributed by atoms with Crippen molar-refractivity contribution in [2.24, 2.45) is 0 Å². The molecule has 6 heteroatoms. The number of nitrogens with one attached hydrogen (secondary N) is 1. The maximum atomic E-state index is 6.06. The Hall–Kier alpha value is -0.490. The molecule has 0 aromatic carbocycles. The molecule has 1 unspecified atom stereocenters. The van der Waals surface area contributed by atoms with Crippen LogP contribution in [0.1, 0.15) is 48.2 Å². The number of thiophene rings is 1. The van der Waals surface area contributed by atoms with Crippen LogP contribution in [0.3, 0.4) is 0 Å². The predicted molar refractivity (Wildman–Crippen MR) is 83.4 cm³/mol. The molecule has 1 atom stereocenters. The van der Waals surface area contributed by atoms with E-state index in [4.69, 9.17) is 11.6 Å². The van der Waals surface area contributed by atoms with Crippen molar-refractivity contribution in [1.82, 2.24) is 14.9 Å². The van der Waals surface area contributed by atoms with Crippen LogP contribution in [-0.2, 0) is 6.42 Å². The van der Waals surface area contributed by atoms with E-state index in [-0.39, 0.29) is 6.04 Å². The van der Waals surface area contributed by atoms with Gasteiger partial charge in [-0.15, -0.1) is 16.4 Å². The van der Waals surface area contributed by atoms with E-state index in [9.17, 15) is 0 Å². The van der Waals surface area contributed by atoms with Gasteiger partial charge in [-0.1, -0.05) is 36.4 Å². The monoisotopic (exact) mass is 315 g/mol. The van der Waals surface area contributed by atoms with E-state index in [0.717, 1.165) is 35.8 Å². The minimum Gasteiger partial charge on any atom is -0.305 e. The molecule has 0 aliphatic rings. The van der Waals surface area contributed by atoms with Crippen LogP contribution in [-0.4, -0.2) is 16.1 Å². The Labute approximate surface area is 127 Å². The van der Waals surface area contributed by atoms with Crippen LogP contribution in [0, 0.1) is 0 Å². The molecule has 0 aliphatic carbocycles. The standard InChI is InChI=1S/C13H18ClN3S2/c1-3-5-9-13(19-17-16-9)12(15-8-4-2)10-6-7-11(14)18-10/h6-7,12,15H,3-5,8H2,1-2H3. The van der Waals surface area contributed by atoms with Gasteiger partial charge in [0, 0.05) is 4.88 Å². The van der Waals surface area contributed by atoms with E-state index >= 15 is 0 Å². The Morgan fingerprint density at radius 2 is 2.16 bits per heavy atom. The fraction of sp³-hybridized carbons (Fsp3) is 0.538. The predicted octanol–water partition coefficient (Wildman–Crippen LogP) is 4.29. The minimum absolute atomic E-state index is 0.180. The Kier molecular flexibility index (Phi) is 5.76. The number of aromatic nitrogens is 2. The van der Waals surface area contributed by atoms with Gasteiger partial charge in [0.05, 0.1) is 20.9 Å². The molecule has 0 aliphatic heterocycles. The quantitative estimate of drug-likeness (QED) is 0.828. The summed E-state index contributed by atoms with van der Waals surface area (Å²) in [5.74, 6) is 0. The largest absolute Gasteiger partial charge is 0.305 e. The zero-order valence-electron chi connectivity index (χ0n) is 11.1. The topological polar surface area (TPSA) is 37.8 Å². The van der Waals surface area contributed by atoms with Crippen molar-refractivity contribution in [2.75, 3.05) is 6.54 Å². The average molecular weight is 316 g/mol. The number of hydrogen-bond donors (Lipinski definition) is 1. The summed E-state index contributed by atoms with van der Waals surface area (Å²) in [6.45, 7) is 5.31. The van der Waals surface area contributed by atoms with Crippen molar-refractivity contribution in [1.29, 1.82) is 0 Å². The number of hydrogen-bond acceptors (Lipinski definition) is 5. The number of halogens is 1. The van der Waals surface area contributed by atoms with Gasteiger partial charge >= 0.3 is 0 Å². The molecule has 0 saturated carbocycles. The molecule has 0 fully saturated rings. The second kappa shape index (κ2) is 7.33. The molecule has 0 radical (unpaired) electrons. The van der Waals surface area contributed by atoms with E-state index in [1.807, 2.05) is 6.07 Å². The lowest BCUT2D eigenvalue weighted by molar-refractivity contribution is 0.606. The van der Waals surface area contributed by atoms with Crippen molar-refractivity contribution < 1.29 is 0 Å². The third-order valence-electron chi connectivity index (χ3n) is 2.81. The highest BCUT2D eigenvalue weighted by atomic mass is 35.5. The van der Waals surface area contributed by atoms with Gasteiger partial charge in [0.2, 0.25) is 0 Å². The number of nitrogens with zero attached hydrogens (tertiary/aromatic N) is 2. The summed E-state index contributed by atoms with van der Waals surface area (Å²) < 4.78 is 4.95. The molecule has 1 N–H and O–H groups in total. The van der Waals surface area contributed by atoms with Crippen LogP contribution < -0.4 is 5.32 Å². The second-order valence-corrected chi connectivity index (χ2v) is 6.90. The highest BCUT2D eigenvalue weighted by Gasteiger charge is 2.21. The molecule has 3 nitrogen and oxygen atoms in total. The smallest absolute Gasteiger partial charge is 0.0931 e. The second-order valence-electron chi connectivity index (χ2n) is 4.36. The summed E-state index contributed by atoms with van der Waals surface area (Å²) in [7, 11) is 0. The van der Waals surface area contributed by atoms with Crippen molar-refractivity contribution in [3.8, 4) is 0 Å². The SMILES string of the molecule is CCCNC(c1ccc(Cl)s1)c1snnc1CCC. The molecule has 0 saturated heterocycles. The number of rotatable bonds is 7. The molecule has 0 amide bonds. The molecular formula is C13H18ClN3S2. The highest BCUT2D eigenvalue weighted by molar-refractivity contribution is 7.16. The summed E-state index contributed by atoms with van der Waals surface area (Å²) in [6.07, 6.45) is 3.17. The summed E-state index contributed by atoms with van der Waals surface area (Å²) in [4.78, 5) is 2.47. The first-order valence-electron chi connectivity index (χ1n) is 6.56. The van der Waals surface area contributed by atoms with E-state index in [1.54, 1.807) is 11.3 Å². The highest BCUT2D eigenvalue weighted by Crippen LogP contribution is 2.34. The lowest BCUT2D eigenvalue weighted by Gasteiger charge is -2.16. The maximum absolute atomic E-state index is 6.06. The van der Waals surface area contributed by atoms with Gasteiger partial charge in [-0.05, 0) is 43.1 Å². The van der Waals surface area contributed by atoms with E-state index < -0.39 is 0 Å². The van der Waals surface area contributed by atoms with Crippen LogP contribution in [0.2, 0.25) is 4.34 Å². The summed E-state index contributed by atoms with van der Waals surface area (Å²) in [5.41, 5.74) is 1.12.